The molecule has 2 aromatic carbocycles. The number of hydrogen-bond acceptors (Lipinski definition) is 3. The number of hydrogen-bond donors (Lipinski definition) is 1. The maximum absolute atomic E-state index is 12.4. The smallest absolute Gasteiger partial charge is 0.255 e. The van der Waals surface area contributed by atoms with Crippen molar-refractivity contribution in [2.24, 2.45) is 0 Å². The molecule has 0 fully saturated rings. The molecule has 1 amide bonds. The Morgan fingerprint density at radius 1 is 1.18 bits per heavy atom. The Hall–Kier alpha value is -2.20. The van der Waals surface area contributed by atoms with Crippen LogP contribution in [0.1, 0.15) is 22.8 Å². The van der Waals surface area contributed by atoms with Crippen LogP contribution in [0.25, 0.3) is 0 Å². The predicted molar refractivity (Wildman–Crippen MR) is 88.3 cm³/mol. The van der Waals surface area contributed by atoms with Crippen molar-refractivity contribution in [2.45, 2.75) is 13.8 Å². The summed E-state index contributed by atoms with van der Waals surface area (Å²) >= 11 is 5.96. The van der Waals surface area contributed by atoms with Gasteiger partial charge in [0.2, 0.25) is 0 Å². The molecule has 0 spiro atoms. The first-order chi connectivity index (χ1) is 10.5. The van der Waals surface area contributed by atoms with Crippen LogP contribution < -0.4 is 14.8 Å². The average molecular weight is 320 g/mol. The molecule has 1 N–H and O–H groups in total. The zero-order chi connectivity index (χ0) is 16.1. The van der Waals surface area contributed by atoms with Crippen molar-refractivity contribution in [3.05, 3.63) is 52.5 Å². The zero-order valence-corrected chi connectivity index (χ0v) is 13.5. The normalized spacial score (nSPS) is 10.2. The fourth-order valence-corrected chi connectivity index (χ4v) is 2.25. The van der Waals surface area contributed by atoms with E-state index in [0.29, 0.717) is 28.6 Å². The van der Waals surface area contributed by atoms with E-state index in [-0.39, 0.29) is 5.91 Å². The van der Waals surface area contributed by atoms with E-state index in [9.17, 15) is 4.79 Å². The number of nitrogens with one attached hydrogen (secondary N) is 1. The number of rotatable bonds is 5. The van der Waals surface area contributed by atoms with Crippen molar-refractivity contribution < 1.29 is 14.3 Å². The molecule has 0 heterocycles. The highest BCUT2D eigenvalue weighted by molar-refractivity contribution is 6.31. The Morgan fingerprint density at radius 3 is 2.55 bits per heavy atom. The highest BCUT2D eigenvalue weighted by Gasteiger charge is 2.12. The van der Waals surface area contributed by atoms with Crippen molar-refractivity contribution in [3.63, 3.8) is 0 Å². The highest BCUT2D eigenvalue weighted by Crippen LogP contribution is 2.28. The van der Waals surface area contributed by atoms with Gasteiger partial charge in [-0.25, -0.2) is 0 Å². The van der Waals surface area contributed by atoms with Crippen LogP contribution in [0.4, 0.5) is 5.69 Å². The van der Waals surface area contributed by atoms with Crippen molar-refractivity contribution in [2.75, 3.05) is 19.0 Å². The lowest BCUT2D eigenvalue weighted by Gasteiger charge is -2.12. The number of aryl methyl sites for hydroxylation is 1. The fourth-order valence-electron chi connectivity index (χ4n) is 2.08. The van der Waals surface area contributed by atoms with Gasteiger partial charge < -0.3 is 14.8 Å². The molecule has 0 atom stereocenters. The van der Waals surface area contributed by atoms with Gasteiger partial charge in [0.05, 0.1) is 19.4 Å². The molecule has 0 aliphatic heterocycles. The maximum atomic E-state index is 12.4. The van der Waals surface area contributed by atoms with Gasteiger partial charge in [-0.2, -0.15) is 0 Å². The third kappa shape index (κ3) is 3.71. The topological polar surface area (TPSA) is 47.6 Å². The lowest BCUT2D eigenvalue weighted by molar-refractivity contribution is 0.102. The number of benzene rings is 2. The molecular weight excluding hydrogens is 302 g/mol. The Kier molecular flexibility index (Phi) is 5.28. The number of carbonyl (C=O) groups is 1. The van der Waals surface area contributed by atoms with Crippen LogP contribution in [0.5, 0.6) is 11.5 Å². The minimum absolute atomic E-state index is 0.230. The second-order valence-electron chi connectivity index (χ2n) is 4.71. The maximum Gasteiger partial charge on any atom is 0.255 e. The SMILES string of the molecule is CCOc1ccc(C(=O)Nc2cc(Cl)ccc2OC)cc1C. The van der Waals surface area contributed by atoms with E-state index in [2.05, 4.69) is 5.32 Å². The molecule has 0 unspecified atom stereocenters. The molecular formula is C17H18ClNO3. The second kappa shape index (κ2) is 7.18. The summed E-state index contributed by atoms with van der Waals surface area (Å²) in [4.78, 5) is 12.4. The fraction of sp³-hybridized carbons (Fsp3) is 0.235. The Labute approximate surface area is 135 Å². The number of halogens is 1. The van der Waals surface area contributed by atoms with E-state index in [1.807, 2.05) is 13.8 Å². The van der Waals surface area contributed by atoms with E-state index < -0.39 is 0 Å². The lowest BCUT2D eigenvalue weighted by Crippen LogP contribution is -2.13. The standard InChI is InChI=1S/C17H18ClNO3/c1-4-22-15-7-5-12(9-11(15)2)17(20)19-14-10-13(18)6-8-16(14)21-3/h5-10H,4H2,1-3H3,(H,19,20). The predicted octanol–water partition coefficient (Wildman–Crippen LogP) is 4.31. The quantitative estimate of drug-likeness (QED) is 0.893. The van der Waals surface area contributed by atoms with Crippen LogP contribution in [0, 0.1) is 6.92 Å². The summed E-state index contributed by atoms with van der Waals surface area (Å²) < 4.78 is 10.7. The summed E-state index contributed by atoms with van der Waals surface area (Å²) in [6.45, 7) is 4.42. The van der Waals surface area contributed by atoms with Gasteiger partial charge >= 0.3 is 0 Å². The molecule has 116 valence electrons. The van der Waals surface area contributed by atoms with Crippen LogP contribution in [0.2, 0.25) is 5.02 Å². The van der Waals surface area contributed by atoms with Crippen molar-refractivity contribution >= 4 is 23.2 Å². The van der Waals surface area contributed by atoms with Gasteiger partial charge in [0.25, 0.3) is 5.91 Å². The molecule has 2 rings (SSSR count). The number of ether oxygens (including phenoxy) is 2. The summed E-state index contributed by atoms with van der Waals surface area (Å²) in [5.41, 5.74) is 1.99. The minimum Gasteiger partial charge on any atom is -0.495 e. The van der Waals surface area contributed by atoms with Gasteiger partial charge in [-0.1, -0.05) is 11.6 Å². The first-order valence-electron chi connectivity index (χ1n) is 6.93. The van der Waals surface area contributed by atoms with Gasteiger partial charge in [0, 0.05) is 10.6 Å². The third-order valence-corrected chi connectivity index (χ3v) is 3.38. The van der Waals surface area contributed by atoms with Gasteiger partial charge in [0.15, 0.2) is 0 Å². The summed E-state index contributed by atoms with van der Waals surface area (Å²) in [6.07, 6.45) is 0. The molecule has 22 heavy (non-hydrogen) atoms. The summed E-state index contributed by atoms with van der Waals surface area (Å²) in [5, 5.41) is 3.33. The van der Waals surface area contributed by atoms with Crippen molar-refractivity contribution in [1.29, 1.82) is 0 Å². The van der Waals surface area contributed by atoms with E-state index in [1.165, 1.54) is 0 Å². The monoisotopic (exact) mass is 319 g/mol. The largest absolute Gasteiger partial charge is 0.495 e. The zero-order valence-electron chi connectivity index (χ0n) is 12.8. The summed E-state index contributed by atoms with van der Waals surface area (Å²) in [5.74, 6) is 1.10. The second-order valence-corrected chi connectivity index (χ2v) is 5.15. The molecule has 0 aliphatic carbocycles. The van der Waals surface area contributed by atoms with Gasteiger partial charge in [-0.05, 0) is 55.8 Å². The van der Waals surface area contributed by atoms with Gasteiger partial charge in [-0.15, -0.1) is 0 Å². The Balaban J connectivity index is 2.22. The van der Waals surface area contributed by atoms with Crippen LogP contribution >= 0.6 is 11.6 Å². The molecule has 0 bridgehead atoms. The molecule has 0 radical (unpaired) electrons. The van der Waals surface area contributed by atoms with Crippen molar-refractivity contribution in [1.82, 2.24) is 0 Å². The Morgan fingerprint density at radius 2 is 1.91 bits per heavy atom. The summed E-state index contributed by atoms with van der Waals surface area (Å²) in [6, 6.07) is 10.4. The van der Waals surface area contributed by atoms with Gasteiger partial charge in [-0.3, -0.25) is 4.79 Å². The van der Waals surface area contributed by atoms with Gasteiger partial charge in [0.1, 0.15) is 11.5 Å². The van der Waals surface area contributed by atoms with Crippen LogP contribution in [-0.2, 0) is 0 Å². The first kappa shape index (κ1) is 16.2. The molecule has 0 saturated carbocycles. The highest BCUT2D eigenvalue weighted by atomic mass is 35.5. The Bertz CT molecular complexity index is 686. The molecule has 5 heteroatoms. The first-order valence-corrected chi connectivity index (χ1v) is 7.31. The number of amides is 1. The average Bonchev–Trinajstić information content (AvgIpc) is 2.49. The molecule has 0 saturated heterocycles. The van der Waals surface area contributed by atoms with E-state index in [1.54, 1.807) is 43.5 Å². The third-order valence-electron chi connectivity index (χ3n) is 3.15. The van der Waals surface area contributed by atoms with E-state index in [0.717, 1.165) is 11.3 Å². The van der Waals surface area contributed by atoms with Crippen LogP contribution in [0.15, 0.2) is 36.4 Å². The van der Waals surface area contributed by atoms with Crippen LogP contribution in [0.3, 0.4) is 0 Å². The number of anilines is 1. The number of carbonyl (C=O) groups excluding carboxylic acids is 1. The van der Waals surface area contributed by atoms with Crippen LogP contribution in [-0.4, -0.2) is 19.6 Å². The lowest BCUT2D eigenvalue weighted by atomic mass is 10.1. The summed E-state index contributed by atoms with van der Waals surface area (Å²) in [7, 11) is 1.54. The molecule has 4 nitrogen and oxygen atoms in total. The minimum atomic E-state index is -0.230. The number of methoxy groups -OCH3 is 1. The molecule has 0 aromatic heterocycles. The van der Waals surface area contributed by atoms with E-state index in [4.69, 9.17) is 21.1 Å². The van der Waals surface area contributed by atoms with Crippen molar-refractivity contribution in [3.8, 4) is 11.5 Å². The molecule has 0 aliphatic rings. The molecule has 2 aromatic rings. The van der Waals surface area contributed by atoms with E-state index >= 15 is 0 Å².